The molecule has 0 fully saturated rings. The molecule has 0 aliphatic carbocycles. The summed E-state index contributed by atoms with van der Waals surface area (Å²) in [4.78, 5) is 1.31. The molecule has 0 saturated carbocycles. The van der Waals surface area contributed by atoms with Crippen LogP contribution in [0.3, 0.4) is 0 Å². The Morgan fingerprint density at radius 2 is 2.17 bits per heavy atom. The van der Waals surface area contributed by atoms with E-state index in [1.54, 1.807) is 18.4 Å². The van der Waals surface area contributed by atoms with Gasteiger partial charge in [0.2, 0.25) is 0 Å². The molecule has 0 aliphatic rings. The van der Waals surface area contributed by atoms with Crippen molar-refractivity contribution in [3.05, 3.63) is 50.6 Å². The second kappa shape index (κ2) is 6.36. The third-order valence-corrected chi connectivity index (χ3v) is 4.72. The number of nitrogens with two attached hydrogens (primary N) is 1. The van der Waals surface area contributed by atoms with Gasteiger partial charge in [0.05, 0.1) is 7.11 Å². The third-order valence-electron chi connectivity index (χ3n) is 2.77. The molecular formula is C14H16BrNOS. The van der Waals surface area contributed by atoms with Crippen LogP contribution in [0.1, 0.15) is 10.4 Å². The van der Waals surface area contributed by atoms with E-state index in [4.69, 9.17) is 10.5 Å². The van der Waals surface area contributed by atoms with Crippen molar-refractivity contribution in [2.75, 3.05) is 7.11 Å². The van der Waals surface area contributed by atoms with Crippen LogP contribution in [-0.2, 0) is 12.8 Å². The minimum Gasteiger partial charge on any atom is -0.497 e. The smallest absolute Gasteiger partial charge is 0.119 e. The molecule has 0 aliphatic heterocycles. The van der Waals surface area contributed by atoms with Crippen LogP contribution >= 0.6 is 27.3 Å². The lowest BCUT2D eigenvalue weighted by Crippen LogP contribution is -2.25. The van der Waals surface area contributed by atoms with Crippen LogP contribution in [0.25, 0.3) is 0 Å². The fourth-order valence-electron chi connectivity index (χ4n) is 1.88. The number of rotatable bonds is 5. The van der Waals surface area contributed by atoms with Gasteiger partial charge >= 0.3 is 0 Å². The first-order valence-electron chi connectivity index (χ1n) is 5.79. The highest BCUT2D eigenvalue weighted by molar-refractivity contribution is 9.10. The van der Waals surface area contributed by atoms with Gasteiger partial charge in [0.25, 0.3) is 0 Å². The van der Waals surface area contributed by atoms with Gasteiger partial charge in [-0.1, -0.05) is 12.1 Å². The standard InChI is InChI=1S/C14H16BrNOS/c1-17-12-4-2-3-10(8-12)7-11(16)9-14-13(15)5-6-18-14/h2-6,8,11H,7,9,16H2,1H3. The Hall–Kier alpha value is -0.840. The number of methoxy groups -OCH3 is 1. The van der Waals surface area contributed by atoms with Crippen LogP contribution in [0.15, 0.2) is 40.2 Å². The highest BCUT2D eigenvalue weighted by Crippen LogP contribution is 2.24. The third kappa shape index (κ3) is 3.57. The molecule has 18 heavy (non-hydrogen) atoms. The molecule has 1 atom stereocenters. The van der Waals surface area contributed by atoms with Crippen LogP contribution in [0.5, 0.6) is 5.75 Å². The van der Waals surface area contributed by atoms with Crippen molar-refractivity contribution in [3.63, 3.8) is 0 Å². The fraction of sp³-hybridized carbons (Fsp3) is 0.286. The summed E-state index contributed by atoms with van der Waals surface area (Å²) in [6.45, 7) is 0. The zero-order chi connectivity index (χ0) is 13.0. The van der Waals surface area contributed by atoms with E-state index in [-0.39, 0.29) is 6.04 Å². The Morgan fingerprint density at radius 1 is 1.33 bits per heavy atom. The fourth-order valence-corrected chi connectivity index (χ4v) is 3.49. The van der Waals surface area contributed by atoms with Gasteiger partial charge in [0.1, 0.15) is 5.75 Å². The van der Waals surface area contributed by atoms with Crippen LogP contribution < -0.4 is 10.5 Å². The summed E-state index contributed by atoms with van der Waals surface area (Å²) in [6, 6.07) is 10.3. The number of hydrogen-bond donors (Lipinski definition) is 1. The van der Waals surface area contributed by atoms with Gasteiger partial charge in [0, 0.05) is 15.4 Å². The van der Waals surface area contributed by atoms with Crippen molar-refractivity contribution in [1.82, 2.24) is 0 Å². The van der Waals surface area contributed by atoms with Gasteiger partial charge in [0.15, 0.2) is 0 Å². The maximum absolute atomic E-state index is 6.20. The molecule has 1 unspecified atom stereocenters. The lowest BCUT2D eigenvalue weighted by atomic mass is 10.0. The van der Waals surface area contributed by atoms with E-state index in [0.29, 0.717) is 0 Å². The normalized spacial score (nSPS) is 12.4. The van der Waals surface area contributed by atoms with E-state index < -0.39 is 0 Å². The summed E-state index contributed by atoms with van der Waals surface area (Å²) >= 11 is 5.28. The van der Waals surface area contributed by atoms with Gasteiger partial charge < -0.3 is 10.5 Å². The zero-order valence-corrected chi connectivity index (χ0v) is 12.6. The second-order valence-corrected chi connectivity index (χ2v) is 6.07. The summed E-state index contributed by atoms with van der Waals surface area (Å²) < 4.78 is 6.38. The second-order valence-electron chi connectivity index (χ2n) is 4.21. The van der Waals surface area contributed by atoms with Crippen molar-refractivity contribution in [2.24, 2.45) is 5.73 Å². The van der Waals surface area contributed by atoms with Crippen molar-refractivity contribution >= 4 is 27.3 Å². The van der Waals surface area contributed by atoms with Crippen molar-refractivity contribution < 1.29 is 4.74 Å². The van der Waals surface area contributed by atoms with Gasteiger partial charge in [-0.25, -0.2) is 0 Å². The lowest BCUT2D eigenvalue weighted by Gasteiger charge is -2.11. The molecule has 1 aromatic carbocycles. The van der Waals surface area contributed by atoms with E-state index in [9.17, 15) is 0 Å². The lowest BCUT2D eigenvalue weighted by molar-refractivity contribution is 0.414. The van der Waals surface area contributed by atoms with Gasteiger partial charge in [-0.3, -0.25) is 0 Å². The molecule has 2 rings (SSSR count). The number of halogens is 1. The predicted octanol–water partition coefficient (Wildman–Crippen LogP) is 3.63. The minimum atomic E-state index is 0.132. The summed E-state index contributed by atoms with van der Waals surface area (Å²) in [6.07, 6.45) is 1.76. The molecular weight excluding hydrogens is 310 g/mol. The molecule has 2 N–H and O–H groups in total. The molecule has 0 radical (unpaired) electrons. The monoisotopic (exact) mass is 325 g/mol. The van der Waals surface area contributed by atoms with Crippen LogP contribution in [0.2, 0.25) is 0 Å². The first-order chi connectivity index (χ1) is 8.69. The highest BCUT2D eigenvalue weighted by atomic mass is 79.9. The Balaban J connectivity index is 1.98. The number of hydrogen-bond acceptors (Lipinski definition) is 3. The first kappa shape index (κ1) is 13.6. The molecule has 1 aromatic heterocycles. The SMILES string of the molecule is COc1cccc(CC(N)Cc2sccc2Br)c1. The molecule has 4 heteroatoms. The molecule has 2 aromatic rings. The Labute approximate surface area is 120 Å². The van der Waals surface area contributed by atoms with Crippen molar-refractivity contribution in [3.8, 4) is 5.75 Å². The van der Waals surface area contributed by atoms with Crippen LogP contribution in [-0.4, -0.2) is 13.2 Å². The van der Waals surface area contributed by atoms with E-state index >= 15 is 0 Å². The van der Waals surface area contributed by atoms with Crippen molar-refractivity contribution in [1.29, 1.82) is 0 Å². The van der Waals surface area contributed by atoms with Gasteiger partial charge in [-0.05, 0) is 57.9 Å². The average molecular weight is 326 g/mol. The molecule has 0 spiro atoms. The maximum atomic E-state index is 6.20. The molecule has 0 saturated heterocycles. The Kier molecular flexibility index (Phi) is 4.80. The summed E-state index contributed by atoms with van der Waals surface area (Å²) in [5, 5.41) is 2.08. The van der Waals surface area contributed by atoms with E-state index in [1.165, 1.54) is 10.4 Å². The van der Waals surface area contributed by atoms with Gasteiger partial charge in [-0.15, -0.1) is 11.3 Å². The summed E-state index contributed by atoms with van der Waals surface area (Å²) in [5.74, 6) is 0.886. The van der Waals surface area contributed by atoms with E-state index in [1.807, 2.05) is 18.2 Å². The quantitative estimate of drug-likeness (QED) is 0.911. The van der Waals surface area contributed by atoms with Crippen molar-refractivity contribution in [2.45, 2.75) is 18.9 Å². The Bertz CT molecular complexity index is 512. The molecule has 2 nitrogen and oxygen atoms in total. The maximum Gasteiger partial charge on any atom is 0.119 e. The topological polar surface area (TPSA) is 35.2 Å². The zero-order valence-electron chi connectivity index (χ0n) is 10.2. The molecule has 1 heterocycles. The van der Waals surface area contributed by atoms with Crippen LogP contribution in [0.4, 0.5) is 0 Å². The first-order valence-corrected chi connectivity index (χ1v) is 7.46. The number of thiophene rings is 1. The van der Waals surface area contributed by atoms with Gasteiger partial charge in [-0.2, -0.15) is 0 Å². The number of benzene rings is 1. The minimum absolute atomic E-state index is 0.132. The van der Waals surface area contributed by atoms with E-state index in [0.717, 1.165) is 23.1 Å². The van der Waals surface area contributed by atoms with Crippen LogP contribution in [0, 0.1) is 0 Å². The predicted molar refractivity (Wildman–Crippen MR) is 80.4 cm³/mol. The van der Waals surface area contributed by atoms with E-state index in [2.05, 4.69) is 33.4 Å². The average Bonchev–Trinajstić information content (AvgIpc) is 2.75. The molecule has 0 bridgehead atoms. The number of ether oxygens (including phenoxy) is 1. The summed E-state index contributed by atoms with van der Waals surface area (Å²) in [7, 11) is 1.68. The largest absolute Gasteiger partial charge is 0.497 e. The summed E-state index contributed by atoms with van der Waals surface area (Å²) in [5.41, 5.74) is 7.42. The molecule has 96 valence electrons. The highest BCUT2D eigenvalue weighted by Gasteiger charge is 2.09. The molecule has 0 amide bonds. The Morgan fingerprint density at radius 3 is 2.83 bits per heavy atom.